The minimum atomic E-state index is -1.26. The molecule has 0 unspecified atom stereocenters. The summed E-state index contributed by atoms with van der Waals surface area (Å²) in [7, 11) is 0. The Bertz CT molecular complexity index is 1400. The van der Waals surface area contributed by atoms with Gasteiger partial charge in [0.1, 0.15) is 11.6 Å². The van der Waals surface area contributed by atoms with E-state index in [1.54, 1.807) is 0 Å². The molecule has 0 aliphatic rings. The lowest BCUT2D eigenvalue weighted by Crippen LogP contribution is -1.91. The van der Waals surface area contributed by atoms with Gasteiger partial charge < -0.3 is 52.1 Å². The third kappa shape index (κ3) is 19.3. The molecule has 0 bridgehead atoms. The molecule has 4 rings (SSSR count). The van der Waals surface area contributed by atoms with Gasteiger partial charge in [-0.3, -0.25) is 0 Å². The second-order valence-corrected chi connectivity index (χ2v) is 7.65. The van der Waals surface area contributed by atoms with Crippen molar-refractivity contribution in [3.05, 3.63) is 97.1 Å². The van der Waals surface area contributed by atoms with Gasteiger partial charge in [0.15, 0.2) is 0 Å². The monoisotopic (exact) mass is 612 g/mol. The van der Waals surface area contributed by atoms with E-state index < -0.39 is 35.8 Å². The number of carboxylic acids is 6. The molecule has 2 aromatic heterocycles. The quantitative estimate of drug-likeness (QED) is 0.140. The minimum Gasteiger partial charge on any atom is -0.478 e. The zero-order valence-corrected chi connectivity index (χ0v) is 22.5. The summed E-state index contributed by atoms with van der Waals surface area (Å²) in [6.07, 6.45) is 3.35. The van der Waals surface area contributed by atoms with E-state index in [-0.39, 0.29) is 0 Å². The number of fused-ring (bicyclic) bond motifs is 2. The molecule has 0 aliphatic carbocycles. The first-order valence-corrected chi connectivity index (χ1v) is 11.7. The lowest BCUT2D eigenvalue weighted by molar-refractivity contribution is -0.134. The van der Waals surface area contributed by atoms with Gasteiger partial charge in [0.25, 0.3) is 0 Å². The van der Waals surface area contributed by atoms with E-state index in [9.17, 15) is 28.8 Å². The highest BCUT2D eigenvalue weighted by atomic mass is 16.4. The second-order valence-electron chi connectivity index (χ2n) is 7.65. The molecule has 4 aromatic rings. The van der Waals surface area contributed by atoms with E-state index in [1.165, 1.54) is 10.8 Å². The van der Waals surface area contributed by atoms with Gasteiger partial charge in [0.2, 0.25) is 0 Å². The SMILES string of the molecule is Nc1cc2ccccc2[nH]1.Nc1cc2ccccc2[nH]1.O=C(O)/C=C/C(=O)O.O=C(O)/C=C/C(=O)O.O=C(O)/C=C/C(=O)O. The van der Waals surface area contributed by atoms with Crippen molar-refractivity contribution in [1.29, 1.82) is 0 Å². The Labute approximate surface area is 247 Å². The first kappa shape index (κ1) is 37.2. The number of anilines is 2. The van der Waals surface area contributed by atoms with Crippen LogP contribution in [0.3, 0.4) is 0 Å². The van der Waals surface area contributed by atoms with Gasteiger partial charge in [-0.05, 0) is 24.3 Å². The molecule has 0 fully saturated rings. The van der Waals surface area contributed by atoms with Gasteiger partial charge in [-0.25, -0.2) is 28.8 Å². The average molecular weight is 613 g/mol. The Balaban J connectivity index is 0.000000529. The number of carbonyl (C=O) groups is 6. The molecule has 0 spiro atoms. The number of H-pyrrole nitrogens is 2. The molecule has 0 saturated heterocycles. The fourth-order valence-electron chi connectivity index (χ4n) is 2.62. The third-order valence-corrected chi connectivity index (χ3v) is 4.21. The molecule has 44 heavy (non-hydrogen) atoms. The van der Waals surface area contributed by atoms with Crippen molar-refractivity contribution in [2.45, 2.75) is 0 Å². The number of para-hydroxylation sites is 2. The maximum absolute atomic E-state index is 9.55. The molecule has 0 aliphatic heterocycles. The van der Waals surface area contributed by atoms with Crippen LogP contribution in [-0.4, -0.2) is 76.4 Å². The fourth-order valence-corrected chi connectivity index (χ4v) is 2.62. The standard InChI is InChI=1S/2C8H8N2.3C4H4O4/c2*9-8-5-6-3-1-2-4-7(6)10-8;3*5-3(6)1-2-4(7)8/h2*1-5,10H,9H2;3*1-2H,(H,5,6)(H,7,8)/b;;3*2-1+. The van der Waals surface area contributed by atoms with Gasteiger partial charge in [-0.15, -0.1) is 0 Å². The fraction of sp³-hybridized carbons (Fsp3) is 0. The average Bonchev–Trinajstić information content (AvgIpc) is 3.51. The van der Waals surface area contributed by atoms with Crippen LogP contribution in [0.15, 0.2) is 97.1 Å². The maximum atomic E-state index is 9.55. The highest BCUT2D eigenvalue weighted by molar-refractivity contribution is 5.90. The molecule has 2 heterocycles. The molecule has 232 valence electrons. The smallest absolute Gasteiger partial charge is 0.328 e. The van der Waals surface area contributed by atoms with E-state index in [0.29, 0.717) is 36.5 Å². The molecule has 12 N–H and O–H groups in total. The summed E-state index contributed by atoms with van der Waals surface area (Å²) in [5, 5.41) is 49.2. The molecule has 16 heteroatoms. The Hall–Kier alpha value is -6.84. The van der Waals surface area contributed by atoms with Crippen molar-refractivity contribution < 1.29 is 59.4 Å². The van der Waals surface area contributed by atoms with Crippen LogP contribution in [0.4, 0.5) is 11.6 Å². The van der Waals surface area contributed by atoms with E-state index in [4.69, 9.17) is 42.1 Å². The molecule has 2 aromatic carbocycles. The van der Waals surface area contributed by atoms with Crippen molar-refractivity contribution in [3.63, 3.8) is 0 Å². The number of hydrogen-bond donors (Lipinski definition) is 10. The van der Waals surface area contributed by atoms with Crippen molar-refractivity contribution in [1.82, 2.24) is 9.97 Å². The summed E-state index contributed by atoms with van der Waals surface area (Å²) in [6.45, 7) is 0. The van der Waals surface area contributed by atoms with Gasteiger partial charge in [-0.2, -0.15) is 0 Å². The number of aromatic amines is 2. The first-order valence-electron chi connectivity index (χ1n) is 11.7. The predicted molar refractivity (Wildman–Crippen MR) is 159 cm³/mol. The Morgan fingerprint density at radius 3 is 0.886 bits per heavy atom. The number of aliphatic carboxylic acids is 6. The van der Waals surface area contributed by atoms with Crippen molar-refractivity contribution in [3.8, 4) is 0 Å². The third-order valence-electron chi connectivity index (χ3n) is 4.21. The lowest BCUT2D eigenvalue weighted by atomic mass is 10.3. The van der Waals surface area contributed by atoms with Crippen LogP contribution < -0.4 is 11.5 Å². The highest BCUT2D eigenvalue weighted by Gasteiger charge is 1.94. The van der Waals surface area contributed by atoms with Crippen LogP contribution in [0, 0.1) is 0 Å². The molecular formula is C28H28N4O12. The number of nitrogens with one attached hydrogen (secondary N) is 2. The van der Waals surface area contributed by atoms with Crippen LogP contribution in [0.25, 0.3) is 21.8 Å². The molecular weight excluding hydrogens is 584 g/mol. The normalized spacial score (nSPS) is 9.91. The number of benzene rings is 2. The zero-order valence-electron chi connectivity index (χ0n) is 22.5. The van der Waals surface area contributed by atoms with Crippen molar-refractivity contribution >= 4 is 69.3 Å². The van der Waals surface area contributed by atoms with E-state index >= 15 is 0 Å². The van der Waals surface area contributed by atoms with Gasteiger partial charge in [0, 0.05) is 58.3 Å². The first-order chi connectivity index (χ1) is 20.6. The van der Waals surface area contributed by atoms with E-state index in [1.807, 2.05) is 60.7 Å². The topological polar surface area (TPSA) is 307 Å². The number of rotatable bonds is 6. The van der Waals surface area contributed by atoms with Crippen LogP contribution in [0.2, 0.25) is 0 Å². The van der Waals surface area contributed by atoms with Crippen molar-refractivity contribution in [2.24, 2.45) is 0 Å². The second kappa shape index (κ2) is 20.1. The minimum absolute atomic E-state index is 0.558. The van der Waals surface area contributed by atoms with Crippen LogP contribution in [0.5, 0.6) is 0 Å². The van der Waals surface area contributed by atoms with Crippen LogP contribution >= 0.6 is 0 Å². The summed E-state index contributed by atoms with van der Waals surface area (Å²) in [5.41, 5.74) is 13.3. The molecule has 0 atom stereocenters. The number of nitrogen functional groups attached to an aromatic ring is 2. The summed E-state index contributed by atoms with van der Waals surface area (Å²) in [5.74, 6) is -6.10. The van der Waals surface area contributed by atoms with Crippen LogP contribution in [-0.2, 0) is 28.8 Å². The number of aromatic nitrogens is 2. The largest absolute Gasteiger partial charge is 0.478 e. The Morgan fingerprint density at radius 1 is 0.455 bits per heavy atom. The van der Waals surface area contributed by atoms with E-state index in [0.717, 1.165) is 22.7 Å². The summed E-state index contributed by atoms with van der Waals surface area (Å²) in [4.78, 5) is 63.4. The van der Waals surface area contributed by atoms with Crippen molar-refractivity contribution in [2.75, 3.05) is 11.5 Å². The maximum Gasteiger partial charge on any atom is 0.328 e. The number of carboxylic acid groups (broad SMARTS) is 6. The molecule has 16 nitrogen and oxygen atoms in total. The lowest BCUT2D eigenvalue weighted by Gasteiger charge is -1.83. The molecule has 0 radical (unpaired) electrons. The van der Waals surface area contributed by atoms with Crippen LogP contribution in [0.1, 0.15) is 0 Å². The zero-order chi connectivity index (χ0) is 33.7. The van der Waals surface area contributed by atoms with Gasteiger partial charge in [-0.1, -0.05) is 36.4 Å². The van der Waals surface area contributed by atoms with E-state index in [2.05, 4.69) is 9.97 Å². The number of hydrogen-bond acceptors (Lipinski definition) is 8. The molecule has 0 amide bonds. The number of nitrogens with two attached hydrogens (primary N) is 2. The summed E-state index contributed by atoms with van der Waals surface area (Å²) in [6, 6.07) is 19.9. The molecule has 0 saturated carbocycles. The van der Waals surface area contributed by atoms with Gasteiger partial charge >= 0.3 is 35.8 Å². The Morgan fingerprint density at radius 2 is 0.682 bits per heavy atom. The van der Waals surface area contributed by atoms with Gasteiger partial charge in [0.05, 0.1) is 0 Å². The summed E-state index contributed by atoms with van der Waals surface area (Å²) < 4.78 is 0. The predicted octanol–water partition coefficient (Wildman–Crippen LogP) is 2.64. The highest BCUT2D eigenvalue weighted by Crippen LogP contribution is 2.15. The Kier molecular flexibility index (Phi) is 17.0. The summed E-state index contributed by atoms with van der Waals surface area (Å²) >= 11 is 0.